The first-order valence-corrected chi connectivity index (χ1v) is 9.24. The molecule has 19 heavy (non-hydrogen) atoms. The quantitative estimate of drug-likeness (QED) is 0.790. The van der Waals surface area contributed by atoms with Gasteiger partial charge in [0.2, 0.25) is 10.0 Å². The van der Waals surface area contributed by atoms with E-state index in [-0.39, 0.29) is 0 Å². The van der Waals surface area contributed by atoms with Crippen LogP contribution < -0.4 is 5.32 Å². The molecule has 3 rings (SSSR count). The second-order valence-corrected chi connectivity index (χ2v) is 8.37. The molecule has 0 aromatic rings. The molecule has 0 spiro atoms. The van der Waals surface area contributed by atoms with E-state index >= 15 is 0 Å². The van der Waals surface area contributed by atoms with Crippen molar-refractivity contribution in [2.75, 3.05) is 25.9 Å². The highest BCUT2D eigenvalue weighted by molar-refractivity contribution is 7.88. The number of piperidine rings is 1. The Bertz CT molecular complexity index is 452. The van der Waals surface area contributed by atoms with Crippen molar-refractivity contribution in [3.05, 3.63) is 12.2 Å². The maximum atomic E-state index is 11.4. The van der Waals surface area contributed by atoms with Crippen molar-refractivity contribution in [1.82, 2.24) is 9.62 Å². The smallest absolute Gasteiger partial charge is 0.211 e. The van der Waals surface area contributed by atoms with Crippen molar-refractivity contribution in [3.8, 4) is 0 Å². The standard InChI is InChI=1S/C14H24N2O2S/c1-19(17,18)16-6-4-14(5-7-16)15-10-13-9-11-2-3-12(13)8-11/h2-3,11-15H,4-10H2,1H3. The van der Waals surface area contributed by atoms with E-state index in [4.69, 9.17) is 0 Å². The van der Waals surface area contributed by atoms with Gasteiger partial charge in [0, 0.05) is 19.1 Å². The molecule has 2 fully saturated rings. The van der Waals surface area contributed by atoms with Crippen molar-refractivity contribution in [3.63, 3.8) is 0 Å². The fourth-order valence-corrected chi connectivity index (χ4v) is 4.71. The number of nitrogens with zero attached hydrogens (tertiary/aromatic N) is 1. The number of hydrogen-bond acceptors (Lipinski definition) is 3. The van der Waals surface area contributed by atoms with E-state index in [9.17, 15) is 8.42 Å². The lowest BCUT2D eigenvalue weighted by Crippen LogP contribution is -2.45. The number of rotatable bonds is 4. The zero-order valence-electron chi connectivity index (χ0n) is 11.6. The van der Waals surface area contributed by atoms with Crippen LogP contribution in [0.25, 0.3) is 0 Å². The molecule has 3 unspecified atom stereocenters. The molecule has 1 saturated heterocycles. The van der Waals surface area contributed by atoms with Gasteiger partial charge in [0.15, 0.2) is 0 Å². The van der Waals surface area contributed by atoms with Crippen LogP contribution in [0.5, 0.6) is 0 Å². The first-order chi connectivity index (χ1) is 9.02. The zero-order valence-corrected chi connectivity index (χ0v) is 12.4. The summed E-state index contributed by atoms with van der Waals surface area (Å²) in [5.41, 5.74) is 0. The molecule has 1 N–H and O–H groups in total. The Kier molecular flexibility index (Phi) is 3.71. The van der Waals surface area contributed by atoms with E-state index in [1.807, 2.05) is 0 Å². The molecule has 3 atom stereocenters. The summed E-state index contributed by atoms with van der Waals surface area (Å²) in [5.74, 6) is 2.44. The van der Waals surface area contributed by atoms with Crippen LogP contribution in [0.1, 0.15) is 25.7 Å². The monoisotopic (exact) mass is 284 g/mol. The molecule has 0 aromatic heterocycles. The fraction of sp³-hybridized carbons (Fsp3) is 0.857. The summed E-state index contributed by atoms with van der Waals surface area (Å²) in [7, 11) is -2.99. The van der Waals surface area contributed by atoms with Gasteiger partial charge in [0.25, 0.3) is 0 Å². The van der Waals surface area contributed by atoms with E-state index in [1.165, 1.54) is 19.1 Å². The minimum absolute atomic E-state index is 0.501. The molecule has 3 aliphatic rings. The second-order valence-electron chi connectivity index (χ2n) is 6.38. The van der Waals surface area contributed by atoms with Crippen LogP contribution in [-0.2, 0) is 10.0 Å². The van der Waals surface area contributed by atoms with Crippen LogP contribution in [0.2, 0.25) is 0 Å². The molecule has 108 valence electrons. The lowest BCUT2D eigenvalue weighted by molar-refractivity contribution is 0.275. The third kappa shape index (κ3) is 3.03. The Hall–Kier alpha value is -0.390. The Balaban J connectivity index is 1.42. The second kappa shape index (κ2) is 5.19. The number of sulfonamides is 1. The van der Waals surface area contributed by atoms with E-state index in [1.54, 1.807) is 4.31 Å². The average molecular weight is 284 g/mol. The van der Waals surface area contributed by atoms with Crippen molar-refractivity contribution < 1.29 is 8.42 Å². The fourth-order valence-electron chi connectivity index (χ4n) is 3.84. The molecule has 0 aromatic carbocycles. The third-order valence-corrected chi connectivity index (χ3v) is 6.31. The van der Waals surface area contributed by atoms with Crippen molar-refractivity contribution in [2.24, 2.45) is 17.8 Å². The summed E-state index contributed by atoms with van der Waals surface area (Å²) in [5, 5.41) is 3.67. The largest absolute Gasteiger partial charge is 0.314 e. The van der Waals surface area contributed by atoms with Gasteiger partial charge in [-0.3, -0.25) is 0 Å². The summed E-state index contributed by atoms with van der Waals surface area (Å²) in [6.07, 6.45) is 10.7. The maximum absolute atomic E-state index is 11.4. The lowest BCUT2D eigenvalue weighted by atomic mass is 9.93. The van der Waals surface area contributed by atoms with Gasteiger partial charge in [0.1, 0.15) is 0 Å². The van der Waals surface area contributed by atoms with Gasteiger partial charge in [-0.25, -0.2) is 12.7 Å². The molecule has 2 aliphatic carbocycles. The highest BCUT2D eigenvalue weighted by Crippen LogP contribution is 2.43. The minimum atomic E-state index is -2.99. The van der Waals surface area contributed by atoms with Crippen LogP contribution in [0.3, 0.4) is 0 Å². The van der Waals surface area contributed by atoms with Crippen molar-refractivity contribution in [2.45, 2.75) is 31.7 Å². The summed E-state index contributed by atoms with van der Waals surface area (Å²) in [6.45, 7) is 2.45. The molecule has 1 saturated carbocycles. The number of hydrogen-bond donors (Lipinski definition) is 1. The normalized spacial score (nSPS) is 36.2. The third-order valence-electron chi connectivity index (χ3n) is 5.01. The highest BCUT2D eigenvalue weighted by Gasteiger charge is 2.35. The number of allylic oxidation sites excluding steroid dienone is 2. The van der Waals surface area contributed by atoms with Gasteiger partial charge >= 0.3 is 0 Å². The summed E-state index contributed by atoms with van der Waals surface area (Å²) < 4.78 is 24.5. The molecule has 0 radical (unpaired) electrons. The van der Waals surface area contributed by atoms with Gasteiger partial charge in [-0.2, -0.15) is 0 Å². The molecule has 0 amide bonds. The number of fused-ring (bicyclic) bond motifs is 2. The summed E-state index contributed by atoms with van der Waals surface area (Å²) in [4.78, 5) is 0. The molecule has 2 bridgehead atoms. The molecular weight excluding hydrogens is 260 g/mol. The number of nitrogens with one attached hydrogen (secondary N) is 1. The van der Waals surface area contributed by atoms with Gasteiger partial charge in [0.05, 0.1) is 6.26 Å². The van der Waals surface area contributed by atoms with Gasteiger partial charge in [-0.15, -0.1) is 0 Å². The van der Waals surface area contributed by atoms with Gasteiger partial charge < -0.3 is 5.32 Å². The summed E-state index contributed by atoms with van der Waals surface area (Å²) in [6, 6.07) is 0.501. The van der Waals surface area contributed by atoms with Crippen molar-refractivity contribution >= 4 is 10.0 Å². The molecule has 5 heteroatoms. The van der Waals surface area contributed by atoms with E-state index in [0.717, 1.165) is 37.1 Å². The molecule has 4 nitrogen and oxygen atoms in total. The van der Waals surface area contributed by atoms with Gasteiger partial charge in [-0.05, 0) is 50.0 Å². The topological polar surface area (TPSA) is 49.4 Å². The predicted octanol–water partition coefficient (Wildman–Crippen LogP) is 1.21. The molecule has 1 aliphatic heterocycles. The van der Waals surface area contributed by atoms with Crippen LogP contribution in [-0.4, -0.2) is 44.7 Å². The minimum Gasteiger partial charge on any atom is -0.314 e. The lowest BCUT2D eigenvalue weighted by Gasteiger charge is -2.32. The predicted molar refractivity (Wildman–Crippen MR) is 76.3 cm³/mol. The average Bonchev–Trinajstić information content (AvgIpc) is 2.98. The first kappa shape index (κ1) is 13.6. The van der Waals surface area contributed by atoms with E-state index in [2.05, 4.69) is 17.5 Å². The van der Waals surface area contributed by atoms with Gasteiger partial charge in [-0.1, -0.05) is 12.2 Å². The summed E-state index contributed by atoms with van der Waals surface area (Å²) >= 11 is 0. The Morgan fingerprint density at radius 3 is 2.47 bits per heavy atom. The van der Waals surface area contributed by atoms with Crippen LogP contribution in [0, 0.1) is 17.8 Å². The molecule has 1 heterocycles. The van der Waals surface area contributed by atoms with Crippen LogP contribution in [0.15, 0.2) is 12.2 Å². The van der Waals surface area contributed by atoms with Crippen LogP contribution in [0.4, 0.5) is 0 Å². The Morgan fingerprint density at radius 2 is 1.95 bits per heavy atom. The Labute approximate surface area is 116 Å². The van der Waals surface area contributed by atoms with E-state index < -0.39 is 10.0 Å². The SMILES string of the molecule is CS(=O)(=O)N1CCC(NCC2CC3C=CC2C3)CC1. The first-order valence-electron chi connectivity index (χ1n) is 7.39. The Morgan fingerprint density at radius 1 is 1.21 bits per heavy atom. The highest BCUT2D eigenvalue weighted by atomic mass is 32.2. The molecular formula is C14H24N2O2S. The maximum Gasteiger partial charge on any atom is 0.211 e. The van der Waals surface area contributed by atoms with Crippen molar-refractivity contribution in [1.29, 1.82) is 0 Å². The van der Waals surface area contributed by atoms with Crippen LogP contribution >= 0.6 is 0 Å². The zero-order chi connectivity index (χ0) is 13.5. The van der Waals surface area contributed by atoms with E-state index in [0.29, 0.717) is 19.1 Å².